The van der Waals surface area contributed by atoms with Crippen LogP contribution in [0.3, 0.4) is 0 Å². The third kappa shape index (κ3) is 3.52. The molecule has 1 aromatic heterocycles. The maximum Gasteiger partial charge on any atom is 0.119 e. The molecule has 0 saturated carbocycles. The van der Waals surface area contributed by atoms with Crippen LogP contribution in [0.15, 0.2) is 58.4 Å². The quantitative estimate of drug-likeness (QED) is 0.640. The largest absolute Gasteiger partial charge is 0.497 e. The van der Waals surface area contributed by atoms with E-state index in [2.05, 4.69) is 45.6 Å². The molecule has 0 fully saturated rings. The third-order valence-corrected chi connectivity index (χ3v) is 4.50. The molecule has 0 unspecified atom stereocenters. The molecular weight excluding hydrogens is 346 g/mol. The summed E-state index contributed by atoms with van der Waals surface area (Å²) in [4.78, 5) is 4.73. The van der Waals surface area contributed by atoms with Gasteiger partial charge in [0.1, 0.15) is 5.75 Å². The second-order valence-electron chi connectivity index (χ2n) is 4.67. The minimum atomic E-state index is 0.829. The number of nitrogens with zero attached hydrogens (tertiary/aromatic N) is 1. The second kappa shape index (κ2) is 6.41. The van der Waals surface area contributed by atoms with Crippen molar-refractivity contribution in [3.63, 3.8) is 0 Å². The van der Waals surface area contributed by atoms with Crippen LogP contribution in [0.25, 0.3) is 11.3 Å². The molecular formula is C17H14BrNOS. The summed E-state index contributed by atoms with van der Waals surface area (Å²) >= 11 is 5.19. The molecule has 0 amide bonds. The highest BCUT2D eigenvalue weighted by atomic mass is 79.9. The summed E-state index contributed by atoms with van der Waals surface area (Å²) in [5, 5.41) is 3.22. The van der Waals surface area contributed by atoms with E-state index in [0.29, 0.717) is 0 Å². The first-order chi connectivity index (χ1) is 10.2. The summed E-state index contributed by atoms with van der Waals surface area (Å²) in [6.07, 6.45) is 0.829. The predicted octanol–water partition coefficient (Wildman–Crippen LogP) is 5.17. The topological polar surface area (TPSA) is 22.1 Å². The Morgan fingerprint density at radius 3 is 2.81 bits per heavy atom. The second-order valence-corrected chi connectivity index (χ2v) is 6.52. The minimum Gasteiger partial charge on any atom is -0.497 e. The van der Waals surface area contributed by atoms with Gasteiger partial charge in [0.2, 0.25) is 0 Å². The van der Waals surface area contributed by atoms with Gasteiger partial charge in [-0.05, 0) is 29.8 Å². The molecule has 2 aromatic carbocycles. The Morgan fingerprint density at radius 1 is 1.14 bits per heavy atom. The average molecular weight is 360 g/mol. The van der Waals surface area contributed by atoms with E-state index in [9.17, 15) is 0 Å². The molecule has 0 saturated heterocycles. The Balaban J connectivity index is 1.81. The first-order valence-corrected chi connectivity index (χ1v) is 8.25. The van der Waals surface area contributed by atoms with E-state index in [1.54, 1.807) is 18.4 Å². The molecule has 106 valence electrons. The van der Waals surface area contributed by atoms with Gasteiger partial charge in [0.05, 0.1) is 17.8 Å². The molecule has 2 nitrogen and oxygen atoms in total. The molecule has 21 heavy (non-hydrogen) atoms. The lowest BCUT2D eigenvalue weighted by Crippen LogP contribution is -1.89. The number of ether oxygens (including phenoxy) is 1. The lowest BCUT2D eigenvalue weighted by atomic mass is 10.1. The van der Waals surface area contributed by atoms with E-state index in [4.69, 9.17) is 9.72 Å². The molecule has 4 heteroatoms. The first kappa shape index (κ1) is 14.3. The van der Waals surface area contributed by atoms with E-state index in [0.717, 1.165) is 32.9 Å². The zero-order valence-electron chi connectivity index (χ0n) is 11.5. The van der Waals surface area contributed by atoms with E-state index in [1.807, 2.05) is 24.3 Å². The molecule has 0 aliphatic carbocycles. The summed E-state index contributed by atoms with van der Waals surface area (Å²) in [5.74, 6) is 0.885. The fraction of sp³-hybridized carbons (Fsp3) is 0.118. The monoisotopic (exact) mass is 359 g/mol. The number of benzene rings is 2. The van der Waals surface area contributed by atoms with Crippen molar-refractivity contribution >= 4 is 27.3 Å². The Morgan fingerprint density at radius 2 is 2.00 bits per heavy atom. The Labute approximate surface area is 136 Å². The van der Waals surface area contributed by atoms with E-state index < -0.39 is 0 Å². The fourth-order valence-electron chi connectivity index (χ4n) is 2.13. The van der Waals surface area contributed by atoms with E-state index >= 15 is 0 Å². The van der Waals surface area contributed by atoms with Gasteiger partial charge >= 0.3 is 0 Å². The van der Waals surface area contributed by atoms with Gasteiger partial charge in [-0.1, -0.05) is 40.2 Å². The lowest BCUT2D eigenvalue weighted by molar-refractivity contribution is 0.414. The third-order valence-electron chi connectivity index (χ3n) is 3.16. The SMILES string of the molecule is COc1cccc(Cc2nc(-c3cccc(Br)c3)cs2)c1. The first-order valence-electron chi connectivity index (χ1n) is 6.58. The van der Waals surface area contributed by atoms with Gasteiger partial charge < -0.3 is 4.74 Å². The van der Waals surface area contributed by atoms with Crippen LogP contribution in [0.1, 0.15) is 10.6 Å². The van der Waals surface area contributed by atoms with E-state index in [-0.39, 0.29) is 0 Å². The molecule has 0 radical (unpaired) electrons. The number of hydrogen-bond acceptors (Lipinski definition) is 3. The van der Waals surface area contributed by atoms with Gasteiger partial charge in [-0.25, -0.2) is 4.98 Å². The van der Waals surface area contributed by atoms with Gasteiger partial charge in [-0.3, -0.25) is 0 Å². The van der Waals surface area contributed by atoms with Crippen LogP contribution in [0, 0.1) is 0 Å². The Kier molecular flexibility index (Phi) is 4.36. The summed E-state index contributed by atoms with van der Waals surface area (Å²) in [7, 11) is 1.69. The van der Waals surface area contributed by atoms with Crippen molar-refractivity contribution in [3.05, 3.63) is 69.0 Å². The minimum absolute atomic E-state index is 0.829. The molecule has 0 aliphatic heterocycles. The van der Waals surface area contributed by atoms with Gasteiger partial charge in [-0.15, -0.1) is 11.3 Å². The molecule has 0 N–H and O–H groups in total. The van der Waals surface area contributed by atoms with Crippen LogP contribution in [0.5, 0.6) is 5.75 Å². The summed E-state index contributed by atoms with van der Waals surface area (Å²) < 4.78 is 6.33. The zero-order valence-corrected chi connectivity index (χ0v) is 13.9. The Hall–Kier alpha value is -1.65. The van der Waals surface area contributed by atoms with Crippen molar-refractivity contribution in [2.75, 3.05) is 7.11 Å². The molecule has 0 bridgehead atoms. The van der Waals surface area contributed by atoms with Crippen molar-refractivity contribution in [2.24, 2.45) is 0 Å². The van der Waals surface area contributed by atoms with Gasteiger partial charge in [0.25, 0.3) is 0 Å². The zero-order chi connectivity index (χ0) is 14.7. The highest BCUT2D eigenvalue weighted by Crippen LogP contribution is 2.26. The van der Waals surface area contributed by atoms with Crippen LogP contribution < -0.4 is 4.74 Å². The van der Waals surface area contributed by atoms with Crippen LogP contribution in [-0.2, 0) is 6.42 Å². The van der Waals surface area contributed by atoms with Gasteiger partial charge in [0.15, 0.2) is 0 Å². The molecule has 0 spiro atoms. The highest BCUT2D eigenvalue weighted by Gasteiger charge is 2.06. The summed E-state index contributed by atoms with van der Waals surface area (Å²) in [6.45, 7) is 0. The maximum absolute atomic E-state index is 5.26. The number of hydrogen-bond donors (Lipinski definition) is 0. The van der Waals surface area contributed by atoms with Gasteiger partial charge in [-0.2, -0.15) is 0 Å². The van der Waals surface area contributed by atoms with Crippen LogP contribution in [0.2, 0.25) is 0 Å². The predicted molar refractivity (Wildman–Crippen MR) is 91.1 cm³/mol. The maximum atomic E-state index is 5.26. The molecule has 3 rings (SSSR count). The fourth-order valence-corrected chi connectivity index (χ4v) is 3.37. The highest BCUT2D eigenvalue weighted by molar-refractivity contribution is 9.10. The lowest BCUT2D eigenvalue weighted by Gasteiger charge is -2.02. The molecule has 3 aromatic rings. The standard InChI is InChI=1S/C17H14BrNOS/c1-20-15-7-2-4-12(8-15)9-17-19-16(11-21-17)13-5-3-6-14(18)10-13/h2-8,10-11H,9H2,1H3. The molecule has 0 atom stereocenters. The smallest absolute Gasteiger partial charge is 0.119 e. The van der Waals surface area contributed by atoms with Crippen molar-refractivity contribution in [1.82, 2.24) is 4.98 Å². The summed E-state index contributed by atoms with van der Waals surface area (Å²) in [5.41, 5.74) is 3.38. The molecule has 1 heterocycles. The van der Waals surface area contributed by atoms with Crippen molar-refractivity contribution in [2.45, 2.75) is 6.42 Å². The van der Waals surface area contributed by atoms with Crippen molar-refractivity contribution < 1.29 is 4.74 Å². The average Bonchev–Trinajstić information content (AvgIpc) is 2.96. The van der Waals surface area contributed by atoms with Crippen LogP contribution in [0.4, 0.5) is 0 Å². The van der Waals surface area contributed by atoms with Crippen LogP contribution >= 0.6 is 27.3 Å². The molecule has 0 aliphatic rings. The number of methoxy groups -OCH3 is 1. The normalized spacial score (nSPS) is 10.6. The van der Waals surface area contributed by atoms with E-state index in [1.165, 1.54) is 5.56 Å². The summed E-state index contributed by atoms with van der Waals surface area (Å²) in [6, 6.07) is 16.3. The van der Waals surface area contributed by atoms with Gasteiger partial charge in [0, 0.05) is 21.8 Å². The van der Waals surface area contributed by atoms with Crippen LogP contribution in [-0.4, -0.2) is 12.1 Å². The number of halogens is 1. The number of thiazole rings is 1. The Bertz CT molecular complexity index is 754. The van der Waals surface area contributed by atoms with Crippen molar-refractivity contribution in [3.8, 4) is 17.0 Å². The number of rotatable bonds is 4. The van der Waals surface area contributed by atoms with Crippen molar-refractivity contribution in [1.29, 1.82) is 0 Å². The number of aromatic nitrogens is 1.